The summed E-state index contributed by atoms with van der Waals surface area (Å²) in [6.07, 6.45) is 2.15. The van der Waals surface area contributed by atoms with E-state index in [0.29, 0.717) is 13.1 Å². The first kappa shape index (κ1) is 18.5. The minimum absolute atomic E-state index is 0.121. The molecule has 1 unspecified atom stereocenters. The molecule has 5 heteroatoms. The highest BCUT2D eigenvalue weighted by Crippen LogP contribution is 2.19. The molecule has 2 heterocycles. The van der Waals surface area contributed by atoms with Crippen LogP contribution in [0.15, 0.2) is 77.7 Å². The zero-order valence-electron chi connectivity index (χ0n) is 15.8. The van der Waals surface area contributed by atoms with Crippen LogP contribution in [-0.2, 0) is 19.5 Å². The third-order valence-corrected chi connectivity index (χ3v) is 5.14. The first-order valence-corrected chi connectivity index (χ1v) is 9.67. The number of nitrogens with one attached hydrogen (secondary N) is 1. The largest absolute Gasteiger partial charge is 0.390 e. The lowest BCUT2D eigenvalue weighted by atomic mass is 10.00. The van der Waals surface area contributed by atoms with E-state index in [4.69, 9.17) is 0 Å². The number of β-amino-alcohol motifs (C(OH)–C–C–N with tert-alkyl or cyclic N) is 1. The van der Waals surface area contributed by atoms with Gasteiger partial charge in [-0.15, -0.1) is 0 Å². The van der Waals surface area contributed by atoms with Crippen LogP contribution in [0, 0.1) is 0 Å². The van der Waals surface area contributed by atoms with Crippen molar-refractivity contribution in [1.29, 1.82) is 0 Å². The van der Waals surface area contributed by atoms with Crippen molar-refractivity contribution in [3.63, 3.8) is 0 Å². The number of pyridine rings is 1. The Morgan fingerprint density at radius 2 is 1.68 bits per heavy atom. The summed E-state index contributed by atoms with van der Waals surface area (Å²) in [5.41, 5.74) is 4.28. The van der Waals surface area contributed by atoms with Gasteiger partial charge in [0.05, 0.1) is 12.6 Å². The van der Waals surface area contributed by atoms with Crippen molar-refractivity contribution in [1.82, 2.24) is 9.47 Å². The van der Waals surface area contributed by atoms with Gasteiger partial charge >= 0.3 is 0 Å². The lowest BCUT2D eigenvalue weighted by Gasteiger charge is -2.30. The summed E-state index contributed by atoms with van der Waals surface area (Å²) in [4.78, 5) is 14.7. The van der Waals surface area contributed by atoms with Crippen molar-refractivity contribution in [2.45, 2.75) is 25.6 Å². The van der Waals surface area contributed by atoms with Crippen LogP contribution in [0.2, 0.25) is 0 Å². The molecule has 1 atom stereocenters. The predicted octanol–water partition coefficient (Wildman–Crippen LogP) is 3.01. The standard InChI is InChI=1S/C23H25N3O2/c27-22(16-25-12-10-18-6-4-5-7-19(18)15-25)17-26-13-11-21(14-23(26)28)24-20-8-2-1-3-9-20/h1-9,11,13-14,22,24,27H,10,12,15-17H2. The third-order valence-electron chi connectivity index (χ3n) is 5.14. The number of hydrogen-bond acceptors (Lipinski definition) is 4. The molecular formula is C23H25N3O2. The normalized spacial score (nSPS) is 15.0. The fourth-order valence-electron chi connectivity index (χ4n) is 3.72. The second-order valence-corrected chi connectivity index (χ2v) is 7.30. The highest BCUT2D eigenvalue weighted by atomic mass is 16.3. The molecule has 2 N–H and O–H groups in total. The predicted molar refractivity (Wildman–Crippen MR) is 112 cm³/mol. The molecule has 28 heavy (non-hydrogen) atoms. The minimum atomic E-state index is -0.587. The molecule has 0 saturated heterocycles. The molecule has 0 radical (unpaired) electrons. The zero-order chi connectivity index (χ0) is 19.3. The Balaban J connectivity index is 1.36. The molecule has 144 valence electrons. The number of anilines is 2. The molecule has 5 nitrogen and oxygen atoms in total. The van der Waals surface area contributed by atoms with Crippen LogP contribution in [-0.4, -0.2) is 33.8 Å². The van der Waals surface area contributed by atoms with E-state index in [1.165, 1.54) is 11.1 Å². The van der Waals surface area contributed by atoms with E-state index >= 15 is 0 Å². The van der Waals surface area contributed by atoms with E-state index in [1.54, 1.807) is 16.8 Å². The van der Waals surface area contributed by atoms with Crippen LogP contribution in [0.3, 0.4) is 0 Å². The molecule has 0 aliphatic carbocycles. The Morgan fingerprint density at radius 3 is 2.46 bits per heavy atom. The lowest BCUT2D eigenvalue weighted by molar-refractivity contribution is 0.0910. The maximum absolute atomic E-state index is 12.4. The lowest BCUT2D eigenvalue weighted by Crippen LogP contribution is -2.39. The first-order valence-electron chi connectivity index (χ1n) is 9.67. The van der Waals surface area contributed by atoms with Crippen LogP contribution in [0.4, 0.5) is 11.4 Å². The molecule has 0 saturated carbocycles. The van der Waals surface area contributed by atoms with Gasteiger partial charge in [-0.25, -0.2) is 0 Å². The molecule has 0 bridgehead atoms. The van der Waals surface area contributed by atoms with E-state index < -0.39 is 6.10 Å². The summed E-state index contributed by atoms with van der Waals surface area (Å²) in [5.74, 6) is 0. The van der Waals surface area contributed by atoms with E-state index in [0.717, 1.165) is 30.9 Å². The molecule has 4 rings (SSSR count). The first-order chi connectivity index (χ1) is 13.7. The Labute approximate surface area is 164 Å². The monoisotopic (exact) mass is 375 g/mol. The topological polar surface area (TPSA) is 57.5 Å². The average molecular weight is 375 g/mol. The van der Waals surface area contributed by atoms with E-state index in [9.17, 15) is 9.90 Å². The van der Waals surface area contributed by atoms with Crippen LogP contribution >= 0.6 is 0 Å². The van der Waals surface area contributed by atoms with Gasteiger partial charge in [0, 0.05) is 43.3 Å². The molecule has 1 aliphatic rings. The second kappa shape index (κ2) is 8.42. The maximum atomic E-state index is 12.4. The molecule has 1 aliphatic heterocycles. The van der Waals surface area contributed by atoms with Crippen molar-refractivity contribution in [2.75, 3.05) is 18.4 Å². The Kier molecular flexibility index (Phi) is 5.55. The van der Waals surface area contributed by atoms with Gasteiger partial charge in [0.15, 0.2) is 0 Å². The van der Waals surface area contributed by atoms with Crippen molar-refractivity contribution in [2.24, 2.45) is 0 Å². The molecular weight excluding hydrogens is 350 g/mol. The third kappa shape index (κ3) is 4.50. The smallest absolute Gasteiger partial charge is 0.252 e. The van der Waals surface area contributed by atoms with Gasteiger partial charge in [-0.1, -0.05) is 42.5 Å². The fourth-order valence-corrected chi connectivity index (χ4v) is 3.72. The quantitative estimate of drug-likeness (QED) is 0.695. The molecule has 0 amide bonds. The van der Waals surface area contributed by atoms with Gasteiger partial charge in [0.1, 0.15) is 0 Å². The van der Waals surface area contributed by atoms with Gasteiger partial charge in [-0.2, -0.15) is 0 Å². The van der Waals surface area contributed by atoms with E-state index in [2.05, 4.69) is 34.5 Å². The zero-order valence-corrected chi connectivity index (χ0v) is 15.8. The number of rotatable bonds is 6. The van der Waals surface area contributed by atoms with Crippen molar-refractivity contribution in [3.05, 3.63) is 94.4 Å². The Bertz CT molecular complexity index is 984. The second-order valence-electron chi connectivity index (χ2n) is 7.30. The van der Waals surface area contributed by atoms with Gasteiger partial charge in [-0.05, 0) is 35.7 Å². The molecule has 3 aromatic rings. The van der Waals surface area contributed by atoms with Gasteiger partial charge in [0.25, 0.3) is 5.56 Å². The van der Waals surface area contributed by atoms with Gasteiger partial charge in [-0.3, -0.25) is 9.69 Å². The van der Waals surface area contributed by atoms with Crippen molar-refractivity contribution >= 4 is 11.4 Å². The Morgan fingerprint density at radius 1 is 0.929 bits per heavy atom. The van der Waals surface area contributed by atoms with Gasteiger partial charge in [0.2, 0.25) is 0 Å². The van der Waals surface area contributed by atoms with Crippen molar-refractivity contribution < 1.29 is 5.11 Å². The number of fused-ring (bicyclic) bond motifs is 1. The number of nitrogens with zero attached hydrogens (tertiary/aromatic N) is 2. The number of aliphatic hydroxyl groups excluding tert-OH is 1. The van der Waals surface area contributed by atoms with Crippen LogP contribution in [0.1, 0.15) is 11.1 Å². The molecule has 0 fully saturated rings. The van der Waals surface area contributed by atoms with Crippen LogP contribution in [0.25, 0.3) is 0 Å². The number of para-hydroxylation sites is 1. The maximum Gasteiger partial charge on any atom is 0.252 e. The molecule has 1 aromatic heterocycles. The van der Waals surface area contributed by atoms with E-state index in [1.807, 2.05) is 36.4 Å². The molecule has 2 aromatic carbocycles. The SMILES string of the molecule is O=c1cc(Nc2ccccc2)ccn1CC(O)CN1CCc2ccccc2C1. The summed E-state index contributed by atoms with van der Waals surface area (Å²) in [6.45, 7) is 2.64. The minimum Gasteiger partial charge on any atom is -0.390 e. The molecule has 0 spiro atoms. The Hall–Kier alpha value is -2.89. The summed E-state index contributed by atoms with van der Waals surface area (Å²) >= 11 is 0. The number of aromatic nitrogens is 1. The number of benzene rings is 2. The van der Waals surface area contributed by atoms with Gasteiger partial charge < -0.3 is 15.0 Å². The number of hydrogen-bond donors (Lipinski definition) is 2. The van der Waals surface area contributed by atoms with Crippen molar-refractivity contribution in [3.8, 4) is 0 Å². The summed E-state index contributed by atoms with van der Waals surface area (Å²) in [6, 6.07) is 21.6. The highest BCUT2D eigenvalue weighted by molar-refractivity contribution is 5.58. The average Bonchev–Trinajstić information content (AvgIpc) is 2.71. The van der Waals surface area contributed by atoms with Crippen LogP contribution in [0.5, 0.6) is 0 Å². The summed E-state index contributed by atoms with van der Waals surface area (Å²) in [5, 5.41) is 13.7. The summed E-state index contributed by atoms with van der Waals surface area (Å²) < 4.78 is 1.57. The van der Waals surface area contributed by atoms with E-state index in [-0.39, 0.29) is 5.56 Å². The number of aliphatic hydroxyl groups is 1. The fraction of sp³-hybridized carbons (Fsp3) is 0.261. The summed E-state index contributed by atoms with van der Waals surface area (Å²) in [7, 11) is 0. The van der Waals surface area contributed by atoms with Crippen LogP contribution < -0.4 is 10.9 Å². The highest BCUT2D eigenvalue weighted by Gasteiger charge is 2.18.